The van der Waals surface area contributed by atoms with Crippen LogP contribution in [0, 0.1) is 5.92 Å². The lowest BCUT2D eigenvalue weighted by Crippen LogP contribution is -2.47. The summed E-state index contributed by atoms with van der Waals surface area (Å²) in [4.78, 5) is 12.3. The van der Waals surface area contributed by atoms with Gasteiger partial charge in [0.15, 0.2) is 0 Å². The molecule has 3 N–H and O–H groups in total. The van der Waals surface area contributed by atoms with Gasteiger partial charge in [-0.2, -0.15) is 0 Å². The third-order valence-electron chi connectivity index (χ3n) is 5.10. The van der Waals surface area contributed by atoms with E-state index in [9.17, 15) is 9.90 Å². The molecule has 0 aromatic heterocycles. The van der Waals surface area contributed by atoms with Crippen LogP contribution in [0.1, 0.15) is 56.6 Å². The number of hydrogen-bond acceptors (Lipinski definition) is 2. The molecule has 2 fully saturated rings. The fraction of sp³-hybridized carbons (Fsp3) is 0.611. The number of nitrogens with one attached hydrogen (secondary N) is 2. The minimum atomic E-state index is -0.187. The van der Waals surface area contributed by atoms with Crippen LogP contribution in [0.4, 0.5) is 4.79 Å². The van der Waals surface area contributed by atoms with Crippen LogP contribution >= 0.6 is 0 Å². The highest BCUT2D eigenvalue weighted by Gasteiger charge is 2.30. The van der Waals surface area contributed by atoms with E-state index in [0.717, 1.165) is 25.7 Å². The summed E-state index contributed by atoms with van der Waals surface area (Å²) in [5.41, 5.74) is 1.20. The number of aliphatic hydroxyl groups is 1. The highest BCUT2D eigenvalue weighted by atomic mass is 16.3. The first-order valence-corrected chi connectivity index (χ1v) is 8.52. The van der Waals surface area contributed by atoms with E-state index in [0.29, 0.717) is 5.92 Å². The van der Waals surface area contributed by atoms with Crippen LogP contribution in [0.5, 0.6) is 0 Å². The van der Waals surface area contributed by atoms with Crippen molar-refractivity contribution in [3.63, 3.8) is 0 Å². The van der Waals surface area contributed by atoms with Crippen molar-refractivity contribution in [3.05, 3.63) is 35.9 Å². The Kier molecular flexibility index (Phi) is 4.98. The summed E-state index contributed by atoms with van der Waals surface area (Å²) < 4.78 is 0. The van der Waals surface area contributed by atoms with Crippen LogP contribution in [0.2, 0.25) is 0 Å². The van der Waals surface area contributed by atoms with Crippen LogP contribution in [-0.2, 0) is 0 Å². The lowest BCUT2D eigenvalue weighted by Gasteiger charge is -2.35. The van der Waals surface area contributed by atoms with Gasteiger partial charge in [-0.05, 0) is 50.0 Å². The fourth-order valence-corrected chi connectivity index (χ4v) is 3.50. The van der Waals surface area contributed by atoms with E-state index >= 15 is 0 Å². The van der Waals surface area contributed by atoms with Crippen molar-refractivity contribution >= 4 is 6.03 Å². The maximum absolute atomic E-state index is 12.3. The minimum Gasteiger partial charge on any atom is -0.393 e. The monoisotopic (exact) mass is 302 g/mol. The second-order valence-electron chi connectivity index (χ2n) is 6.70. The van der Waals surface area contributed by atoms with Gasteiger partial charge in [0, 0.05) is 6.04 Å². The Morgan fingerprint density at radius 1 is 1.05 bits per heavy atom. The van der Waals surface area contributed by atoms with Gasteiger partial charge >= 0.3 is 6.03 Å². The second-order valence-corrected chi connectivity index (χ2v) is 6.70. The molecule has 2 aliphatic rings. The van der Waals surface area contributed by atoms with Crippen molar-refractivity contribution in [2.24, 2.45) is 5.92 Å². The van der Waals surface area contributed by atoms with Crippen LogP contribution in [-0.4, -0.2) is 23.3 Å². The van der Waals surface area contributed by atoms with Crippen molar-refractivity contribution in [1.82, 2.24) is 10.6 Å². The number of benzene rings is 1. The summed E-state index contributed by atoms with van der Waals surface area (Å²) >= 11 is 0. The molecule has 0 aliphatic heterocycles. The Hall–Kier alpha value is -1.55. The SMILES string of the molecule is O=C(NC1CCC(O)CC1)NC(c1ccccc1)C1CCC1. The van der Waals surface area contributed by atoms with Crippen LogP contribution in [0.3, 0.4) is 0 Å². The topological polar surface area (TPSA) is 61.4 Å². The Balaban J connectivity index is 1.57. The number of amides is 2. The van der Waals surface area contributed by atoms with Crippen molar-refractivity contribution in [2.45, 2.75) is 63.1 Å². The molecule has 22 heavy (non-hydrogen) atoms. The number of aliphatic hydroxyl groups excluding tert-OH is 1. The van der Waals surface area contributed by atoms with E-state index in [1.54, 1.807) is 0 Å². The molecule has 2 aliphatic carbocycles. The molecule has 3 rings (SSSR count). The molecule has 0 heterocycles. The van der Waals surface area contributed by atoms with Crippen LogP contribution in [0.15, 0.2) is 30.3 Å². The molecule has 0 radical (unpaired) electrons. The number of carbonyl (C=O) groups is 1. The summed E-state index contributed by atoms with van der Waals surface area (Å²) in [6.45, 7) is 0. The second kappa shape index (κ2) is 7.14. The summed E-state index contributed by atoms with van der Waals surface area (Å²) in [5, 5.41) is 15.8. The molecule has 1 aromatic carbocycles. The average molecular weight is 302 g/mol. The normalized spacial score (nSPS) is 26.8. The molecule has 120 valence electrons. The van der Waals surface area contributed by atoms with Gasteiger partial charge in [-0.1, -0.05) is 36.8 Å². The van der Waals surface area contributed by atoms with E-state index in [2.05, 4.69) is 22.8 Å². The van der Waals surface area contributed by atoms with Gasteiger partial charge in [0.2, 0.25) is 0 Å². The lowest BCUT2D eigenvalue weighted by molar-refractivity contribution is 0.117. The van der Waals surface area contributed by atoms with E-state index in [1.165, 1.54) is 24.8 Å². The molecule has 0 saturated heterocycles. The predicted molar refractivity (Wildman–Crippen MR) is 86.5 cm³/mol. The molecule has 0 bridgehead atoms. The Bertz CT molecular complexity index is 479. The smallest absolute Gasteiger partial charge is 0.315 e. The average Bonchev–Trinajstić information content (AvgIpc) is 2.48. The van der Waals surface area contributed by atoms with Gasteiger partial charge in [-0.15, -0.1) is 0 Å². The lowest BCUT2D eigenvalue weighted by atomic mass is 9.77. The minimum absolute atomic E-state index is 0.0675. The molecule has 1 atom stereocenters. The Morgan fingerprint density at radius 2 is 1.73 bits per heavy atom. The number of urea groups is 1. The maximum Gasteiger partial charge on any atom is 0.315 e. The zero-order valence-corrected chi connectivity index (χ0v) is 13.0. The van der Waals surface area contributed by atoms with Gasteiger partial charge in [-0.3, -0.25) is 0 Å². The number of hydrogen-bond donors (Lipinski definition) is 3. The zero-order chi connectivity index (χ0) is 15.4. The van der Waals surface area contributed by atoms with Crippen molar-refractivity contribution < 1.29 is 9.90 Å². The number of rotatable bonds is 4. The quantitative estimate of drug-likeness (QED) is 0.800. The van der Waals surface area contributed by atoms with Gasteiger partial charge in [0.1, 0.15) is 0 Å². The molecular weight excluding hydrogens is 276 g/mol. The third-order valence-corrected chi connectivity index (χ3v) is 5.10. The maximum atomic E-state index is 12.3. The van der Waals surface area contributed by atoms with Crippen LogP contribution in [0.25, 0.3) is 0 Å². The van der Waals surface area contributed by atoms with Gasteiger partial charge < -0.3 is 15.7 Å². The van der Waals surface area contributed by atoms with E-state index in [4.69, 9.17) is 0 Å². The largest absolute Gasteiger partial charge is 0.393 e. The van der Waals surface area contributed by atoms with Gasteiger partial charge in [0.05, 0.1) is 12.1 Å². The first kappa shape index (κ1) is 15.3. The van der Waals surface area contributed by atoms with E-state index < -0.39 is 0 Å². The highest BCUT2D eigenvalue weighted by molar-refractivity contribution is 5.74. The molecule has 1 aromatic rings. The first-order valence-electron chi connectivity index (χ1n) is 8.52. The summed E-state index contributed by atoms with van der Waals surface area (Å²) in [5.74, 6) is 0.557. The Morgan fingerprint density at radius 3 is 2.32 bits per heavy atom. The predicted octanol–water partition coefficient (Wildman–Crippen LogP) is 3.13. The molecule has 2 amide bonds. The van der Waals surface area contributed by atoms with Crippen molar-refractivity contribution in [1.29, 1.82) is 0 Å². The molecular formula is C18H26N2O2. The van der Waals surface area contributed by atoms with E-state index in [1.807, 2.05) is 18.2 Å². The fourth-order valence-electron chi connectivity index (χ4n) is 3.50. The molecule has 2 saturated carbocycles. The summed E-state index contributed by atoms with van der Waals surface area (Å²) in [7, 11) is 0. The van der Waals surface area contributed by atoms with Gasteiger partial charge in [-0.25, -0.2) is 4.79 Å². The van der Waals surface area contributed by atoms with Crippen molar-refractivity contribution in [2.75, 3.05) is 0 Å². The molecule has 4 heteroatoms. The highest BCUT2D eigenvalue weighted by Crippen LogP contribution is 2.37. The third kappa shape index (κ3) is 3.80. The van der Waals surface area contributed by atoms with Crippen LogP contribution < -0.4 is 10.6 Å². The molecule has 4 nitrogen and oxygen atoms in total. The molecule has 0 spiro atoms. The zero-order valence-electron chi connectivity index (χ0n) is 13.0. The number of carbonyl (C=O) groups excluding carboxylic acids is 1. The first-order chi connectivity index (χ1) is 10.7. The Labute approximate surface area is 132 Å². The standard InChI is InChI=1S/C18H26N2O2/c21-16-11-9-15(10-12-16)19-18(22)20-17(14-7-4-8-14)13-5-2-1-3-6-13/h1-3,5-6,14-17,21H,4,7-12H2,(H2,19,20,22). The molecule has 1 unspecified atom stereocenters. The summed E-state index contributed by atoms with van der Waals surface area (Å²) in [6.07, 6.45) is 6.77. The summed E-state index contributed by atoms with van der Waals surface area (Å²) in [6, 6.07) is 10.5. The van der Waals surface area contributed by atoms with E-state index in [-0.39, 0.29) is 24.2 Å². The van der Waals surface area contributed by atoms with Gasteiger partial charge in [0.25, 0.3) is 0 Å². The van der Waals surface area contributed by atoms with Crippen molar-refractivity contribution in [3.8, 4) is 0 Å².